The van der Waals surface area contributed by atoms with E-state index in [-0.39, 0.29) is 6.16 Å². The highest BCUT2D eigenvalue weighted by atomic mass is 31.2. The van der Waals surface area contributed by atoms with Crippen LogP contribution in [0.25, 0.3) is 11.0 Å². The van der Waals surface area contributed by atoms with E-state index in [4.69, 9.17) is 19.3 Å². The smallest absolute Gasteiger partial charge is 0.325 e. The number of aromatic nitrogens is 2. The zero-order chi connectivity index (χ0) is 17.9. The second-order valence-corrected chi connectivity index (χ2v) is 7.19. The van der Waals surface area contributed by atoms with Crippen molar-refractivity contribution in [1.29, 1.82) is 0 Å². The van der Waals surface area contributed by atoms with Gasteiger partial charge in [0.2, 0.25) is 5.88 Å². The van der Waals surface area contributed by atoms with Crippen LogP contribution in [0.2, 0.25) is 0 Å². The number of hydrogen-bond acceptors (Lipinski definition) is 5. The summed E-state index contributed by atoms with van der Waals surface area (Å²) >= 11 is 0. The van der Waals surface area contributed by atoms with Crippen LogP contribution in [0.15, 0.2) is 48.7 Å². The normalized spacial score (nSPS) is 11.5. The molecule has 3 aromatic rings. The summed E-state index contributed by atoms with van der Waals surface area (Å²) in [6.07, 6.45) is 1.75. The van der Waals surface area contributed by atoms with Crippen LogP contribution in [0.3, 0.4) is 0 Å². The first kappa shape index (κ1) is 17.4. The molecule has 1 aromatic carbocycles. The van der Waals surface area contributed by atoms with Crippen molar-refractivity contribution in [1.82, 2.24) is 9.97 Å². The van der Waals surface area contributed by atoms with Gasteiger partial charge in [0.05, 0.1) is 18.7 Å². The largest absolute Gasteiger partial charge is 0.481 e. The van der Waals surface area contributed by atoms with Gasteiger partial charge in [0.25, 0.3) is 0 Å². The third-order valence-electron chi connectivity index (χ3n) is 3.59. The van der Waals surface area contributed by atoms with E-state index in [1.807, 2.05) is 6.07 Å². The topological polar surface area (TPSA) is 102 Å². The first-order valence-electron chi connectivity index (χ1n) is 7.56. The van der Waals surface area contributed by atoms with Crippen LogP contribution in [-0.4, -0.2) is 33.0 Å². The van der Waals surface area contributed by atoms with E-state index < -0.39 is 7.60 Å². The van der Waals surface area contributed by atoms with Gasteiger partial charge in [0.15, 0.2) is 5.65 Å². The third kappa shape index (κ3) is 4.54. The summed E-state index contributed by atoms with van der Waals surface area (Å²) in [6, 6.07) is 12.4. The predicted molar refractivity (Wildman–Crippen MR) is 93.2 cm³/mol. The Morgan fingerprint density at radius 1 is 1.08 bits per heavy atom. The minimum Gasteiger partial charge on any atom is -0.481 e. The minimum atomic E-state index is -3.99. The maximum absolute atomic E-state index is 10.9. The molecule has 0 atom stereocenters. The van der Waals surface area contributed by atoms with Gasteiger partial charge in [-0.3, -0.25) is 4.57 Å². The Morgan fingerprint density at radius 3 is 2.52 bits per heavy atom. The number of pyridine rings is 2. The van der Waals surface area contributed by atoms with Gasteiger partial charge >= 0.3 is 7.60 Å². The third-order valence-corrected chi connectivity index (χ3v) is 4.40. The molecule has 25 heavy (non-hydrogen) atoms. The lowest BCUT2D eigenvalue weighted by atomic mass is 10.2. The van der Waals surface area contributed by atoms with Crippen molar-refractivity contribution in [3.05, 3.63) is 54.2 Å². The standard InChI is InChI=1S/C17H17N2O5P/c1-23-16-7-6-14-15(8-10-18-17(14)19-16)24-13-4-2-12(3-5-13)9-11-25(20,21)22/h2-8,10H,9,11H2,1H3,(H2,20,21,22). The maximum Gasteiger partial charge on any atom is 0.325 e. The summed E-state index contributed by atoms with van der Waals surface area (Å²) in [4.78, 5) is 26.3. The molecule has 0 unspecified atom stereocenters. The molecule has 0 spiro atoms. The Morgan fingerprint density at radius 2 is 1.84 bits per heavy atom. The van der Waals surface area contributed by atoms with Crippen molar-refractivity contribution < 1.29 is 23.8 Å². The molecular weight excluding hydrogens is 343 g/mol. The molecule has 8 heteroatoms. The van der Waals surface area contributed by atoms with Crippen LogP contribution >= 0.6 is 7.60 Å². The van der Waals surface area contributed by atoms with Crippen LogP contribution in [0.1, 0.15) is 5.56 Å². The average molecular weight is 360 g/mol. The molecule has 2 N–H and O–H groups in total. The van der Waals surface area contributed by atoms with Crippen molar-refractivity contribution in [2.45, 2.75) is 6.42 Å². The maximum atomic E-state index is 10.9. The summed E-state index contributed by atoms with van der Waals surface area (Å²) in [5, 5.41) is 0.758. The second-order valence-electron chi connectivity index (χ2n) is 5.42. The van der Waals surface area contributed by atoms with Crippen molar-refractivity contribution in [2.24, 2.45) is 0 Å². The van der Waals surface area contributed by atoms with Gasteiger partial charge in [-0.15, -0.1) is 0 Å². The molecule has 0 aliphatic carbocycles. The predicted octanol–water partition coefficient (Wildman–Crippen LogP) is 3.15. The Labute approximate surface area is 144 Å². The summed E-state index contributed by atoms with van der Waals surface area (Å²) in [7, 11) is -2.44. The van der Waals surface area contributed by atoms with Crippen LogP contribution in [0, 0.1) is 0 Å². The molecule has 0 aliphatic rings. The van der Waals surface area contributed by atoms with E-state index in [2.05, 4.69) is 9.97 Å². The fourth-order valence-electron chi connectivity index (χ4n) is 2.32. The molecule has 2 aromatic heterocycles. The zero-order valence-corrected chi connectivity index (χ0v) is 14.4. The molecule has 0 bridgehead atoms. The van der Waals surface area contributed by atoms with Crippen molar-refractivity contribution in [3.63, 3.8) is 0 Å². The van der Waals surface area contributed by atoms with Crippen molar-refractivity contribution in [3.8, 4) is 17.4 Å². The molecule has 130 valence electrons. The number of fused-ring (bicyclic) bond motifs is 1. The number of hydrogen-bond donors (Lipinski definition) is 2. The molecule has 7 nitrogen and oxygen atoms in total. The SMILES string of the molecule is COc1ccc2c(Oc3ccc(CCP(=O)(O)O)cc3)ccnc2n1. The lowest BCUT2D eigenvalue weighted by Gasteiger charge is -2.10. The average Bonchev–Trinajstić information content (AvgIpc) is 2.60. The molecule has 0 radical (unpaired) electrons. The molecule has 0 saturated heterocycles. The fourth-order valence-corrected chi connectivity index (χ4v) is 2.87. The van der Waals surface area contributed by atoms with Gasteiger partial charge in [-0.25, -0.2) is 4.98 Å². The number of aryl methyl sites for hydroxylation is 1. The van der Waals surface area contributed by atoms with Gasteiger partial charge in [-0.2, -0.15) is 4.98 Å². The summed E-state index contributed by atoms with van der Waals surface area (Å²) in [5.74, 6) is 1.71. The Balaban J connectivity index is 1.78. The quantitative estimate of drug-likeness (QED) is 0.651. The molecule has 3 rings (SSSR count). The fraction of sp³-hybridized carbons (Fsp3) is 0.176. The lowest BCUT2D eigenvalue weighted by molar-refractivity contribution is 0.373. The highest BCUT2D eigenvalue weighted by molar-refractivity contribution is 7.51. The summed E-state index contributed by atoms with van der Waals surface area (Å²) < 4.78 is 21.9. The molecular formula is C17H17N2O5P. The van der Waals surface area contributed by atoms with E-state index >= 15 is 0 Å². The number of methoxy groups -OCH3 is 1. The van der Waals surface area contributed by atoms with Gasteiger partial charge in [-0.05, 0) is 36.2 Å². The Bertz CT molecular complexity index is 924. The number of nitrogens with zero attached hydrogens (tertiary/aromatic N) is 2. The Kier molecular flexibility index (Phi) is 4.99. The minimum absolute atomic E-state index is 0.171. The highest BCUT2D eigenvalue weighted by Gasteiger charge is 2.12. The van der Waals surface area contributed by atoms with E-state index in [0.29, 0.717) is 29.4 Å². The first-order valence-corrected chi connectivity index (χ1v) is 9.35. The molecule has 2 heterocycles. The van der Waals surface area contributed by atoms with Gasteiger partial charge < -0.3 is 19.3 Å². The molecule has 0 fully saturated rings. The van der Waals surface area contributed by atoms with Crippen molar-refractivity contribution in [2.75, 3.05) is 13.3 Å². The molecule has 0 amide bonds. The second kappa shape index (κ2) is 7.19. The monoisotopic (exact) mass is 360 g/mol. The highest BCUT2D eigenvalue weighted by Crippen LogP contribution is 2.35. The van der Waals surface area contributed by atoms with Crippen LogP contribution in [0.4, 0.5) is 0 Å². The number of ether oxygens (including phenoxy) is 2. The van der Waals surface area contributed by atoms with Crippen molar-refractivity contribution >= 4 is 18.6 Å². The molecule has 0 saturated carbocycles. The van der Waals surface area contributed by atoms with E-state index in [1.54, 1.807) is 49.7 Å². The number of rotatable bonds is 6. The van der Waals surface area contributed by atoms with Gasteiger partial charge in [0, 0.05) is 12.3 Å². The van der Waals surface area contributed by atoms with E-state index in [0.717, 1.165) is 10.9 Å². The van der Waals surface area contributed by atoms with E-state index in [1.165, 1.54) is 0 Å². The Hall–Kier alpha value is -2.47. The van der Waals surface area contributed by atoms with E-state index in [9.17, 15) is 4.57 Å². The summed E-state index contributed by atoms with van der Waals surface area (Å²) in [6.45, 7) is 0. The summed E-state index contributed by atoms with van der Waals surface area (Å²) in [5.41, 5.74) is 1.36. The van der Waals surface area contributed by atoms with Crippen LogP contribution < -0.4 is 9.47 Å². The van der Waals surface area contributed by atoms with Gasteiger partial charge in [-0.1, -0.05) is 12.1 Å². The van der Waals surface area contributed by atoms with Crippen LogP contribution in [-0.2, 0) is 11.0 Å². The van der Waals surface area contributed by atoms with Gasteiger partial charge in [0.1, 0.15) is 11.5 Å². The lowest BCUT2D eigenvalue weighted by Crippen LogP contribution is -1.94. The first-order chi connectivity index (χ1) is 11.9. The van der Waals surface area contributed by atoms with Crippen LogP contribution in [0.5, 0.6) is 17.4 Å². The zero-order valence-electron chi connectivity index (χ0n) is 13.5. The molecule has 0 aliphatic heterocycles. The number of benzene rings is 1.